The second-order valence-corrected chi connectivity index (χ2v) is 6.97. The number of amides is 1. The molecule has 2 aromatic heterocycles. The number of aryl methyl sites for hydroxylation is 2. The summed E-state index contributed by atoms with van der Waals surface area (Å²) in [5, 5.41) is 7.18. The van der Waals surface area contributed by atoms with E-state index in [0.717, 1.165) is 22.9 Å². The van der Waals surface area contributed by atoms with Gasteiger partial charge in [-0.25, -0.2) is 4.98 Å². The zero-order valence-electron chi connectivity index (χ0n) is 15.5. The normalized spacial score (nSPS) is 19.4. The number of nitrogens with one attached hydrogen (secondary N) is 1. The van der Waals surface area contributed by atoms with Crippen LogP contribution >= 0.6 is 0 Å². The molecule has 1 aliphatic rings. The summed E-state index contributed by atoms with van der Waals surface area (Å²) in [6.45, 7) is 11.4. The summed E-state index contributed by atoms with van der Waals surface area (Å²) in [7, 11) is 0. The van der Waals surface area contributed by atoms with E-state index < -0.39 is 0 Å². The number of nitrogens with zero attached hydrogens (tertiary/aromatic N) is 3. The van der Waals surface area contributed by atoms with Crippen LogP contribution in [0.2, 0.25) is 0 Å². The summed E-state index contributed by atoms with van der Waals surface area (Å²) in [6, 6.07) is 1.95. The van der Waals surface area contributed by atoms with E-state index in [9.17, 15) is 4.79 Å². The Labute approximate surface area is 147 Å². The van der Waals surface area contributed by atoms with Crippen molar-refractivity contribution >= 4 is 5.91 Å². The molecule has 0 bridgehead atoms. The zero-order valence-corrected chi connectivity index (χ0v) is 15.5. The number of hydrogen-bond acceptors (Lipinski definition) is 5. The molecule has 3 rings (SSSR count). The van der Waals surface area contributed by atoms with Gasteiger partial charge in [-0.2, -0.15) is 5.10 Å². The van der Waals surface area contributed by atoms with Crippen LogP contribution in [0.25, 0.3) is 0 Å². The van der Waals surface area contributed by atoms with Crippen molar-refractivity contribution in [2.75, 3.05) is 19.7 Å². The molecule has 7 heteroatoms. The van der Waals surface area contributed by atoms with Gasteiger partial charge in [-0.3, -0.25) is 9.89 Å². The van der Waals surface area contributed by atoms with Gasteiger partial charge in [0.15, 0.2) is 11.6 Å². The van der Waals surface area contributed by atoms with Gasteiger partial charge in [-0.15, -0.1) is 0 Å². The van der Waals surface area contributed by atoms with Crippen molar-refractivity contribution in [2.24, 2.45) is 0 Å². The van der Waals surface area contributed by atoms with Crippen LogP contribution in [0.4, 0.5) is 0 Å². The first-order valence-electron chi connectivity index (χ1n) is 8.76. The molecule has 0 radical (unpaired) electrons. The van der Waals surface area contributed by atoms with Crippen LogP contribution in [0.1, 0.15) is 67.4 Å². The lowest BCUT2D eigenvalue weighted by atomic mass is 9.99. The quantitative estimate of drug-likeness (QED) is 0.920. The Hall–Kier alpha value is -2.15. The third-order valence-electron chi connectivity index (χ3n) is 4.64. The van der Waals surface area contributed by atoms with Crippen LogP contribution < -0.4 is 0 Å². The second kappa shape index (κ2) is 7.00. The van der Waals surface area contributed by atoms with Gasteiger partial charge in [-0.05, 0) is 26.8 Å². The van der Waals surface area contributed by atoms with E-state index in [1.165, 1.54) is 0 Å². The highest BCUT2D eigenvalue weighted by Crippen LogP contribution is 2.27. The lowest BCUT2D eigenvalue weighted by Crippen LogP contribution is -2.44. The van der Waals surface area contributed by atoms with E-state index >= 15 is 0 Å². The lowest BCUT2D eigenvalue weighted by Gasteiger charge is -2.33. The maximum Gasteiger partial charge on any atom is 0.230 e. The molecule has 25 heavy (non-hydrogen) atoms. The monoisotopic (exact) mass is 346 g/mol. The number of furan rings is 1. The number of morpholine rings is 1. The summed E-state index contributed by atoms with van der Waals surface area (Å²) >= 11 is 0. The molecule has 0 aromatic carbocycles. The van der Waals surface area contributed by atoms with E-state index in [-0.39, 0.29) is 23.8 Å². The Kier molecular flexibility index (Phi) is 4.94. The summed E-state index contributed by atoms with van der Waals surface area (Å²) in [6.07, 6.45) is -0.267. The molecule has 1 fully saturated rings. The van der Waals surface area contributed by atoms with Crippen LogP contribution in [-0.4, -0.2) is 45.7 Å². The lowest BCUT2D eigenvalue weighted by molar-refractivity contribution is -0.140. The Morgan fingerprint density at radius 3 is 2.72 bits per heavy atom. The van der Waals surface area contributed by atoms with Gasteiger partial charge in [0.25, 0.3) is 0 Å². The van der Waals surface area contributed by atoms with Gasteiger partial charge >= 0.3 is 0 Å². The number of aromatic amines is 1. The number of hydrogen-bond donors (Lipinski definition) is 1. The average Bonchev–Trinajstić information content (AvgIpc) is 3.20. The molecule has 1 saturated heterocycles. The molecule has 0 aliphatic carbocycles. The summed E-state index contributed by atoms with van der Waals surface area (Å²) in [5.74, 6) is 3.18. The second-order valence-electron chi connectivity index (χ2n) is 6.97. The van der Waals surface area contributed by atoms with E-state index in [2.05, 4.69) is 15.2 Å². The SMILES string of the molecule is Cc1cc([C@@H](C)C(=O)N2CCO[C@@H](c3nc(C(C)C)n[nH]3)C2)c(C)o1. The third kappa shape index (κ3) is 3.61. The Bertz CT molecular complexity index is 749. The molecule has 7 nitrogen and oxygen atoms in total. The number of ether oxygens (including phenoxy) is 1. The standard InChI is InChI=1S/C18H26N4O3/c1-10(2)16-19-17(21-20-16)15-9-22(6-7-24-15)18(23)12(4)14-8-11(3)25-13(14)5/h8,10,12,15H,6-7,9H2,1-5H3,(H,19,20,21)/t12-,15-/m1/s1. The minimum absolute atomic E-state index is 0.0841. The fourth-order valence-electron chi connectivity index (χ4n) is 3.19. The molecular weight excluding hydrogens is 320 g/mol. The van der Waals surface area contributed by atoms with Crippen molar-refractivity contribution in [2.45, 2.75) is 52.6 Å². The first kappa shape index (κ1) is 17.7. The summed E-state index contributed by atoms with van der Waals surface area (Å²) < 4.78 is 11.4. The minimum Gasteiger partial charge on any atom is -0.466 e. The highest BCUT2D eigenvalue weighted by atomic mass is 16.5. The van der Waals surface area contributed by atoms with Gasteiger partial charge in [0.2, 0.25) is 5.91 Å². The van der Waals surface area contributed by atoms with Gasteiger partial charge < -0.3 is 14.1 Å². The summed E-state index contributed by atoms with van der Waals surface area (Å²) in [4.78, 5) is 19.3. The predicted molar refractivity (Wildman–Crippen MR) is 92.3 cm³/mol. The fraction of sp³-hybridized carbons (Fsp3) is 0.611. The maximum absolute atomic E-state index is 12.9. The molecule has 2 atom stereocenters. The van der Waals surface area contributed by atoms with Crippen LogP contribution in [0.3, 0.4) is 0 Å². The molecule has 0 spiro atoms. The van der Waals surface area contributed by atoms with Crippen LogP contribution in [-0.2, 0) is 9.53 Å². The van der Waals surface area contributed by atoms with Crippen LogP contribution in [0.15, 0.2) is 10.5 Å². The van der Waals surface area contributed by atoms with E-state index in [4.69, 9.17) is 9.15 Å². The first-order chi connectivity index (χ1) is 11.9. The van der Waals surface area contributed by atoms with E-state index in [1.54, 1.807) is 0 Å². The van der Waals surface area contributed by atoms with Crippen LogP contribution in [0.5, 0.6) is 0 Å². The predicted octanol–water partition coefficient (Wildman–Crippen LogP) is 2.84. The number of H-pyrrole nitrogens is 1. The van der Waals surface area contributed by atoms with Crippen molar-refractivity contribution in [1.29, 1.82) is 0 Å². The van der Waals surface area contributed by atoms with Crippen molar-refractivity contribution in [1.82, 2.24) is 20.1 Å². The van der Waals surface area contributed by atoms with Gasteiger partial charge in [0, 0.05) is 18.0 Å². The molecule has 136 valence electrons. The fourth-order valence-corrected chi connectivity index (χ4v) is 3.19. The van der Waals surface area contributed by atoms with Crippen molar-refractivity contribution in [3.05, 3.63) is 34.8 Å². The minimum atomic E-state index is -0.267. The molecule has 0 unspecified atom stereocenters. The number of aromatic nitrogens is 3. The smallest absolute Gasteiger partial charge is 0.230 e. The van der Waals surface area contributed by atoms with Gasteiger partial charge in [0.05, 0.1) is 19.1 Å². The topological polar surface area (TPSA) is 84.3 Å². The van der Waals surface area contributed by atoms with Gasteiger partial charge in [-0.1, -0.05) is 13.8 Å². The van der Waals surface area contributed by atoms with Crippen molar-refractivity contribution < 1.29 is 13.9 Å². The first-order valence-corrected chi connectivity index (χ1v) is 8.76. The molecule has 3 heterocycles. The number of rotatable bonds is 4. The summed E-state index contributed by atoms with van der Waals surface area (Å²) in [5.41, 5.74) is 0.951. The Balaban J connectivity index is 1.71. The van der Waals surface area contributed by atoms with Gasteiger partial charge in [0.1, 0.15) is 17.6 Å². The Morgan fingerprint density at radius 2 is 2.12 bits per heavy atom. The van der Waals surface area contributed by atoms with Crippen LogP contribution in [0, 0.1) is 13.8 Å². The maximum atomic E-state index is 12.9. The molecule has 0 saturated carbocycles. The van der Waals surface area contributed by atoms with Crippen molar-refractivity contribution in [3.63, 3.8) is 0 Å². The third-order valence-corrected chi connectivity index (χ3v) is 4.64. The zero-order chi connectivity index (χ0) is 18.1. The molecule has 1 amide bonds. The number of carbonyl (C=O) groups excluding carboxylic acids is 1. The highest BCUT2D eigenvalue weighted by Gasteiger charge is 2.31. The molecular formula is C18H26N4O3. The van der Waals surface area contributed by atoms with E-state index in [1.807, 2.05) is 45.6 Å². The average molecular weight is 346 g/mol. The van der Waals surface area contributed by atoms with E-state index in [0.29, 0.717) is 25.5 Å². The molecule has 2 aromatic rings. The number of carbonyl (C=O) groups is 1. The molecule has 1 N–H and O–H groups in total. The largest absolute Gasteiger partial charge is 0.466 e. The Morgan fingerprint density at radius 1 is 1.36 bits per heavy atom. The van der Waals surface area contributed by atoms with Crippen molar-refractivity contribution in [3.8, 4) is 0 Å². The molecule has 1 aliphatic heterocycles. The highest BCUT2D eigenvalue weighted by molar-refractivity contribution is 5.83.